The fraction of sp³-hybridized carbons (Fsp3) is 0.364. The van der Waals surface area contributed by atoms with Crippen molar-refractivity contribution in [1.82, 2.24) is 0 Å². The van der Waals surface area contributed by atoms with Crippen molar-refractivity contribution in [1.29, 1.82) is 0 Å². The predicted octanol–water partition coefficient (Wildman–Crippen LogP) is 3.12. The second-order valence-electron chi connectivity index (χ2n) is 7.42. The summed E-state index contributed by atoms with van der Waals surface area (Å²) in [5, 5.41) is 0. The van der Waals surface area contributed by atoms with Crippen molar-refractivity contribution >= 4 is 27.5 Å². The number of nitrogens with zero attached hydrogens (tertiary/aromatic N) is 1. The highest BCUT2D eigenvalue weighted by Crippen LogP contribution is 2.34. The molecule has 30 heavy (non-hydrogen) atoms. The largest absolute Gasteiger partial charge is 0.496 e. The van der Waals surface area contributed by atoms with Crippen LogP contribution in [0.2, 0.25) is 0 Å². The average Bonchev–Trinajstić information content (AvgIpc) is 3.20. The van der Waals surface area contributed by atoms with Gasteiger partial charge in [-0.2, -0.15) is 0 Å². The molecule has 1 heterocycles. The van der Waals surface area contributed by atoms with Crippen LogP contribution in [0.3, 0.4) is 0 Å². The fourth-order valence-corrected chi connectivity index (χ4v) is 5.49. The molecular formula is C22H23NO6S. The molecule has 8 heteroatoms. The van der Waals surface area contributed by atoms with Gasteiger partial charge in [-0.05, 0) is 55.5 Å². The monoisotopic (exact) mass is 429 g/mol. The summed E-state index contributed by atoms with van der Waals surface area (Å²) >= 11 is 0. The molecule has 2 aliphatic rings. The van der Waals surface area contributed by atoms with E-state index in [1.807, 2.05) is 12.1 Å². The molecule has 1 fully saturated rings. The van der Waals surface area contributed by atoms with Gasteiger partial charge in [-0.1, -0.05) is 18.2 Å². The predicted molar refractivity (Wildman–Crippen MR) is 110 cm³/mol. The molecule has 2 aromatic carbocycles. The Bertz CT molecular complexity index is 1090. The van der Waals surface area contributed by atoms with Crippen molar-refractivity contribution in [2.75, 3.05) is 18.0 Å². The van der Waals surface area contributed by atoms with E-state index >= 15 is 0 Å². The number of benzene rings is 2. The Hall–Kier alpha value is -2.87. The van der Waals surface area contributed by atoms with Crippen LogP contribution in [-0.2, 0) is 26.0 Å². The van der Waals surface area contributed by atoms with Crippen molar-refractivity contribution in [2.45, 2.75) is 43.1 Å². The van der Waals surface area contributed by atoms with Crippen LogP contribution in [0.4, 0.5) is 5.69 Å². The Labute approximate surface area is 175 Å². The number of carbonyl (C=O) groups is 2. The quantitative estimate of drug-likeness (QED) is 0.679. The van der Waals surface area contributed by atoms with Gasteiger partial charge < -0.3 is 9.47 Å². The lowest BCUT2D eigenvalue weighted by molar-refractivity contribution is -0.129. The minimum atomic E-state index is -3.87. The van der Waals surface area contributed by atoms with Crippen molar-refractivity contribution < 1.29 is 27.5 Å². The standard InChI is InChI=1S/C22H23NO6S/c1-28-20-11-10-16(14-17(20)22(25)29-21-9-5-4-8-19(21)24)30(26,27)23-13-12-15-6-2-3-7-18(15)23/h2-3,6-7,10-11,14,21H,4-5,8-9,12-13H2,1H3/t21-/m1/s1. The third kappa shape index (κ3) is 3.67. The molecular weight excluding hydrogens is 406 g/mol. The lowest BCUT2D eigenvalue weighted by Crippen LogP contribution is -2.31. The zero-order chi connectivity index (χ0) is 21.3. The maximum Gasteiger partial charge on any atom is 0.342 e. The summed E-state index contributed by atoms with van der Waals surface area (Å²) in [4.78, 5) is 24.8. The Morgan fingerprint density at radius 2 is 1.90 bits per heavy atom. The highest BCUT2D eigenvalue weighted by atomic mass is 32.2. The zero-order valence-electron chi connectivity index (χ0n) is 16.7. The minimum Gasteiger partial charge on any atom is -0.496 e. The van der Waals surface area contributed by atoms with E-state index in [2.05, 4.69) is 0 Å². The first-order valence-corrected chi connectivity index (χ1v) is 11.4. The molecule has 1 atom stereocenters. The summed E-state index contributed by atoms with van der Waals surface area (Å²) in [5.74, 6) is -0.666. The molecule has 1 saturated carbocycles. The van der Waals surface area contributed by atoms with Gasteiger partial charge in [0.15, 0.2) is 11.9 Å². The van der Waals surface area contributed by atoms with Gasteiger partial charge in [0.2, 0.25) is 0 Å². The molecule has 158 valence electrons. The first kappa shape index (κ1) is 20.4. The molecule has 0 saturated heterocycles. The third-order valence-electron chi connectivity index (χ3n) is 5.57. The summed E-state index contributed by atoms with van der Waals surface area (Å²) in [5.41, 5.74) is 1.60. The normalized spacial score (nSPS) is 18.8. The topological polar surface area (TPSA) is 90.0 Å². The number of ketones is 1. The molecule has 0 spiro atoms. The van der Waals surface area contributed by atoms with E-state index in [9.17, 15) is 18.0 Å². The van der Waals surface area contributed by atoms with E-state index in [4.69, 9.17) is 9.47 Å². The summed E-state index contributed by atoms with van der Waals surface area (Å²) in [6.45, 7) is 0.337. The minimum absolute atomic E-state index is 0.00979. The smallest absolute Gasteiger partial charge is 0.342 e. The van der Waals surface area contributed by atoms with E-state index in [1.165, 1.54) is 29.6 Å². The Morgan fingerprint density at radius 1 is 1.10 bits per heavy atom. The number of para-hydroxylation sites is 1. The molecule has 0 amide bonds. The van der Waals surface area contributed by atoms with Gasteiger partial charge in [0.25, 0.3) is 10.0 Å². The van der Waals surface area contributed by atoms with Gasteiger partial charge in [-0.3, -0.25) is 9.10 Å². The molecule has 2 aromatic rings. The maximum absolute atomic E-state index is 13.3. The molecule has 0 aromatic heterocycles. The van der Waals surface area contributed by atoms with Gasteiger partial charge in [0.05, 0.1) is 17.7 Å². The number of sulfonamides is 1. The summed E-state index contributed by atoms with van der Waals surface area (Å²) in [6.07, 6.45) is 2.31. The molecule has 7 nitrogen and oxygen atoms in total. The lowest BCUT2D eigenvalue weighted by atomic mass is 9.96. The Morgan fingerprint density at radius 3 is 2.67 bits per heavy atom. The lowest BCUT2D eigenvalue weighted by Gasteiger charge is -2.22. The maximum atomic E-state index is 13.3. The first-order valence-electron chi connectivity index (χ1n) is 9.94. The van der Waals surface area contributed by atoms with Gasteiger partial charge in [0, 0.05) is 13.0 Å². The number of rotatable bonds is 5. The van der Waals surface area contributed by atoms with Crippen LogP contribution in [-0.4, -0.2) is 39.9 Å². The number of hydrogen-bond acceptors (Lipinski definition) is 6. The number of methoxy groups -OCH3 is 1. The summed E-state index contributed by atoms with van der Waals surface area (Å²) in [7, 11) is -2.48. The average molecular weight is 429 g/mol. The summed E-state index contributed by atoms with van der Waals surface area (Å²) in [6, 6.07) is 11.5. The van der Waals surface area contributed by atoms with Crippen LogP contribution in [0, 0.1) is 0 Å². The van der Waals surface area contributed by atoms with E-state index in [0.29, 0.717) is 31.5 Å². The van der Waals surface area contributed by atoms with E-state index in [-0.39, 0.29) is 22.0 Å². The van der Waals surface area contributed by atoms with E-state index in [0.717, 1.165) is 18.4 Å². The van der Waals surface area contributed by atoms with Crippen molar-refractivity contribution in [3.8, 4) is 5.75 Å². The Balaban J connectivity index is 1.65. The highest BCUT2D eigenvalue weighted by Gasteiger charge is 2.33. The molecule has 1 aliphatic heterocycles. The second kappa shape index (κ2) is 8.10. The molecule has 0 N–H and O–H groups in total. The highest BCUT2D eigenvalue weighted by molar-refractivity contribution is 7.92. The molecule has 0 bridgehead atoms. The number of fused-ring (bicyclic) bond motifs is 1. The van der Waals surface area contributed by atoms with Crippen LogP contribution in [0.1, 0.15) is 41.6 Å². The summed E-state index contributed by atoms with van der Waals surface area (Å²) < 4.78 is 38.6. The third-order valence-corrected chi connectivity index (χ3v) is 7.38. The number of esters is 1. The zero-order valence-corrected chi connectivity index (χ0v) is 17.5. The van der Waals surface area contributed by atoms with Gasteiger partial charge in [-0.25, -0.2) is 13.2 Å². The number of Topliss-reactive ketones (excluding diaryl/α,β-unsaturated/α-hetero) is 1. The van der Waals surface area contributed by atoms with Crippen LogP contribution in [0.25, 0.3) is 0 Å². The number of hydrogen-bond donors (Lipinski definition) is 0. The fourth-order valence-electron chi connectivity index (χ4n) is 3.96. The van der Waals surface area contributed by atoms with Crippen molar-refractivity contribution in [3.63, 3.8) is 0 Å². The van der Waals surface area contributed by atoms with Crippen LogP contribution >= 0.6 is 0 Å². The Kier molecular flexibility index (Phi) is 5.51. The van der Waals surface area contributed by atoms with E-state index in [1.54, 1.807) is 12.1 Å². The van der Waals surface area contributed by atoms with Gasteiger partial charge >= 0.3 is 5.97 Å². The van der Waals surface area contributed by atoms with Crippen molar-refractivity contribution in [3.05, 3.63) is 53.6 Å². The number of carbonyl (C=O) groups excluding carboxylic acids is 2. The van der Waals surface area contributed by atoms with Crippen molar-refractivity contribution in [2.24, 2.45) is 0 Å². The van der Waals surface area contributed by atoms with E-state index < -0.39 is 22.1 Å². The van der Waals surface area contributed by atoms with Gasteiger partial charge in [-0.15, -0.1) is 0 Å². The van der Waals surface area contributed by atoms with Crippen LogP contribution < -0.4 is 9.04 Å². The second-order valence-corrected chi connectivity index (χ2v) is 9.29. The molecule has 0 radical (unpaired) electrons. The van der Waals surface area contributed by atoms with Crippen LogP contribution in [0.15, 0.2) is 47.4 Å². The molecule has 0 unspecified atom stereocenters. The van der Waals surface area contributed by atoms with Gasteiger partial charge in [0.1, 0.15) is 11.3 Å². The van der Waals surface area contributed by atoms with Crippen LogP contribution in [0.5, 0.6) is 5.75 Å². The number of ether oxygens (including phenoxy) is 2. The molecule has 1 aliphatic carbocycles. The molecule has 4 rings (SSSR count). The SMILES string of the molecule is COc1ccc(S(=O)(=O)N2CCc3ccccc32)cc1C(=O)O[C@@H]1CCCCC1=O. The number of anilines is 1. The first-order chi connectivity index (χ1) is 14.4.